The minimum Gasteiger partial charge on any atom is -0.384 e. The van der Waals surface area contributed by atoms with Crippen molar-refractivity contribution >= 4 is 34.0 Å². The van der Waals surface area contributed by atoms with Gasteiger partial charge >= 0.3 is 0 Å². The van der Waals surface area contributed by atoms with E-state index in [9.17, 15) is 0 Å². The number of fused-ring (bicyclic) bond motifs is 2. The van der Waals surface area contributed by atoms with E-state index in [1.54, 1.807) is 0 Å². The van der Waals surface area contributed by atoms with Crippen LogP contribution in [0.4, 0.5) is 11.6 Å². The van der Waals surface area contributed by atoms with Gasteiger partial charge in [0.2, 0.25) is 11.3 Å². The number of rotatable bonds is 4. The van der Waals surface area contributed by atoms with Crippen LogP contribution in [0.1, 0.15) is 22.3 Å². The Morgan fingerprint density at radius 1 is 0.559 bits per heavy atom. The third kappa shape index (κ3) is 4.65. The summed E-state index contributed by atoms with van der Waals surface area (Å²) in [5.41, 5.74) is 18.7. The third-order valence-electron chi connectivity index (χ3n) is 5.26. The average Bonchev–Trinajstić information content (AvgIpc) is 3.50. The number of hydrogen-bond donors (Lipinski definition) is 4. The highest BCUT2D eigenvalue weighted by atomic mass is 15.3. The highest BCUT2D eigenvalue weighted by Crippen LogP contribution is 2.19. The molecular formula is C24H22N10. The predicted octanol–water partition coefficient (Wildman–Crippen LogP) is 3.05. The first-order valence-electron chi connectivity index (χ1n) is 10.7. The molecule has 0 aliphatic heterocycles. The molecule has 0 saturated carbocycles. The highest BCUT2D eigenvalue weighted by Gasteiger charge is 2.09. The molecule has 6 rings (SSSR count). The first-order valence-corrected chi connectivity index (χ1v) is 10.7. The van der Waals surface area contributed by atoms with Crippen molar-refractivity contribution in [2.75, 3.05) is 11.5 Å². The number of nitrogens with two attached hydrogens (primary N) is 2. The van der Waals surface area contributed by atoms with Gasteiger partial charge < -0.3 is 11.5 Å². The molecule has 0 aliphatic carbocycles. The number of nitrogens with zero attached hydrogens (tertiary/aromatic N) is 6. The summed E-state index contributed by atoms with van der Waals surface area (Å²) in [5, 5.41) is 21.3. The monoisotopic (exact) mass is 450 g/mol. The zero-order valence-electron chi connectivity index (χ0n) is 18.2. The lowest BCUT2D eigenvalue weighted by Crippen LogP contribution is -1.96. The van der Waals surface area contributed by atoms with Gasteiger partial charge in [-0.3, -0.25) is 0 Å². The molecular weight excluding hydrogens is 428 g/mol. The second-order valence-corrected chi connectivity index (χ2v) is 7.73. The van der Waals surface area contributed by atoms with Crippen LogP contribution in [-0.2, 0) is 12.8 Å². The molecule has 0 bridgehead atoms. The Morgan fingerprint density at radius 3 is 1.38 bits per heavy atom. The van der Waals surface area contributed by atoms with Crippen molar-refractivity contribution in [1.29, 1.82) is 0 Å². The lowest BCUT2D eigenvalue weighted by Gasteiger charge is -2.03. The molecule has 2 aromatic carbocycles. The molecule has 6 aromatic rings. The minimum absolute atomic E-state index is 0.470. The van der Waals surface area contributed by atoms with E-state index in [1.807, 2.05) is 48.5 Å². The second-order valence-electron chi connectivity index (χ2n) is 7.73. The van der Waals surface area contributed by atoms with Crippen molar-refractivity contribution in [3.8, 4) is 0 Å². The normalized spacial score (nSPS) is 10.8. The van der Waals surface area contributed by atoms with Crippen LogP contribution in [-0.4, -0.2) is 40.8 Å². The van der Waals surface area contributed by atoms with E-state index in [0.717, 1.165) is 35.0 Å². The molecule has 0 spiro atoms. The van der Waals surface area contributed by atoms with Crippen molar-refractivity contribution in [3.05, 3.63) is 95.1 Å². The van der Waals surface area contributed by atoms with Crippen molar-refractivity contribution in [2.24, 2.45) is 0 Å². The fraction of sp³-hybridized carbons (Fsp3) is 0.0833. The zero-order chi connectivity index (χ0) is 23.3. The maximum atomic E-state index is 5.74. The van der Waals surface area contributed by atoms with Crippen molar-refractivity contribution in [2.45, 2.75) is 12.8 Å². The van der Waals surface area contributed by atoms with Gasteiger partial charge in [0.05, 0.1) is 0 Å². The molecule has 0 unspecified atom stereocenters. The molecule has 0 saturated heterocycles. The molecule has 0 fully saturated rings. The van der Waals surface area contributed by atoms with Crippen LogP contribution >= 0.6 is 0 Å². The molecule has 34 heavy (non-hydrogen) atoms. The number of hydrogen-bond acceptors (Lipinski definition) is 8. The minimum atomic E-state index is 0.470. The van der Waals surface area contributed by atoms with Gasteiger partial charge in [-0.2, -0.15) is 20.6 Å². The Balaban J connectivity index is 0.000000142. The van der Waals surface area contributed by atoms with Gasteiger partial charge in [0.15, 0.2) is 0 Å². The lowest BCUT2D eigenvalue weighted by molar-refractivity contribution is 0.953. The number of pyridine rings is 2. The molecule has 10 heteroatoms. The average molecular weight is 451 g/mol. The van der Waals surface area contributed by atoms with E-state index in [1.165, 1.54) is 11.1 Å². The Morgan fingerprint density at radius 2 is 0.971 bits per heavy atom. The van der Waals surface area contributed by atoms with Crippen molar-refractivity contribution in [3.63, 3.8) is 0 Å². The second kappa shape index (κ2) is 9.33. The number of benzene rings is 2. The third-order valence-corrected chi connectivity index (χ3v) is 5.26. The van der Waals surface area contributed by atoms with E-state index >= 15 is 0 Å². The van der Waals surface area contributed by atoms with E-state index in [-0.39, 0.29) is 0 Å². The summed E-state index contributed by atoms with van der Waals surface area (Å²) in [6.45, 7) is 0. The Kier molecular flexibility index (Phi) is 5.76. The summed E-state index contributed by atoms with van der Waals surface area (Å²) in [7, 11) is 0. The molecule has 10 nitrogen and oxygen atoms in total. The summed E-state index contributed by atoms with van der Waals surface area (Å²) in [4.78, 5) is 8.22. The van der Waals surface area contributed by atoms with Gasteiger partial charge in [-0.1, -0.05) is 60.7 Å². The molecule has 0 radical (unpaired) electrons. The maximum Gasteiger partial charge on any atom is 0.203 e. The number of anilines is 2. The molecule has 4 aromatic heterocycles. The number of nitrogen functional groups attached to an aromatic ring is 2. The predicted molar refractivity (Wildman–Crippen MR) is 131 cm³/mol. The molecule has 0 atom stereocenters. The summed E-state index contributed by atoms with van der Waals surface area (Å²) < 4.78 is 0. The molecule has 168 valence electrons. The number of H-pyrrole nitrogens is 2. The Hall–Kier alpha value is -4.86. The summed E-state index contributed by atoms with van der Waals surface area (Å²) in [6, 6.07) is 24.0. The smallest absolute Gasteiger partial charge is 0.203 e. The fourth-order valence-corrected chi connectivity index (χ4v) is 3.74. The van der Waals surface area contributed by atoms with E-state index in [4.69, 9.17) is 11.5 Å². The Labute approximate surface area is 194 Å². The summed E-state index contributed by atoms with van der Waals surface area (Å²) >= 11 is 0. The Bertz CT molecular complexity index is 1410. The van der Waals surface area contributed by atoms with Gasteiger partial charge in [0.25, 0.3) is 0 Å². The van der Waals surface area contributed by atoms with Crippen molar-refractivity contribution < 1.29 is 0 Å². The standard InChI is InChI=1S/2C12H11N5/c2*13-10-7-9(6-8-4-2-1-3-5-8)11-12(14-10)16-17-15-11/h2*1-5,7H,6H2,(H3,13,14,15,16,17). The highest BCUT2D eigenvalue weighted by molar-refractivity contribution is 5.76. The topological polar surface area (TPSA) is 161 Å². The largest absolute Gasteiger partial charge is 0.384 e. The van der Waals surface area contributed by atoms with Gasteiger partial charge in [0, 0.05) is 0 Å². The molecule has 6 N–H and O–H groups in total. The number of aromatic amines is 2. The van der Waals surface area contributed by atoms with Crippen LogP contribution in [0, 0.1) is 0 Å². The van der Waals surface area contributed by atoms with Crippen molar-refractivity contribution in [1.82, 2.24) is 40.8 Å². The van der Waals surface area contributed by atoms with E-state index in [2.05, 4.69) is 65.1 Å². The first kappa shape index (κ1) is 21.0. The molecule has 4 heterocycles. The van der Waals surface area contributed by atoms with Crippen LogP contribution in [0.2, 0.25) is 0 Å². The van der Waals surface area contributed by atoms with Gasteiger partial charge in [-0.05, 0) is 47.2 Å². The van der Waals surface area contributed by atoms with Crippen LogP contribution in [0.5, 0.6) is 0 Å². The van der Waals surface area contributed by atoms with Gasteiger partial charge in [-0.25, -0.2) is 9.97 Å². The fourth-order valence-electron chi connectivity index (χ4n) is 3.74. The summed E-state index contributed by atoms with van der Waals surface area (Å²) in [5.74, 6) is 0.940. The number of aromatic nitrogens is 8. The quantitative estimate of drug-likeness (QED) is 0.319. The van der Waals surface area contributed by atoms with Crippen LogP contribution < -0.4 is 11.5 Å². The SMILES string of the molecule is Nc1cc(Cc2ccccc2)c2n[nH]nc2n1.Nc1cc(Cc2ccccc2)c2n[nH]nc2n1. The summed E-state index contributed by atoms with van der Waals surface area (Å²) in [6.07, 6.45) is 1.55. The van der Waals surface area contributed by atoms with Gasteiger partial charge in [0.1, 0.15) is 22.7 Å². The number of nitrogens with one attached hydrogen (secondary N) is 2. The molecule has 0 aliphatic rings. The van der Waals surface area contributed by atoms with E-state index < -0.39 is 0 Å². The first-order chi connectivity index (χ1) is 16.7. The van der Waals surface area contributed by atoms with Crippen LogP contribution in [0.15, 0.2) is 72.8 Å². The molecule has 0 amide bonds. The van der Waals surface area contributed by atoms with Crippen LogP contribution in [0.25, 0.3) is 22.3 Å². The lowest BCUT2D eigenvalue weighted by atomic mass is 10.1. The maximum absolute atomic E-state index is 5.74. The van der Waals surface area contributed by atoms with Gasteiger partial charge in [-0.15, -0.1) is 10.2 Å². The van der Waals surface area contributed by atoms with E-state index in [0.29, 0.717) is 22.9 Å². The van der Waals surface area contributed by atoms with Crippen LogP contribution in [0.3, 0.4) is 0 Å². The zero-order valence-corrected chi connectivity index (χ0v) is 18.2.